The first-order chi connectivity index (χ1) is 11.7. The SMILES string of the molecule is COCC(=O)N1CCCC(N2CCN(c3ccccc3C)CC2)C1. The van der Waals surface area contributed by atoms with Gasteiger partial charge in [-0.05, 0) is 31.4 Å². The average molecular weight is 331 g/mol. The first-order valence-corrected chi connectivity index (χ1v) is 9.00. The number of methoxy groups -OCH3 is 1. The highest BCUT2D eigenvalue weighted by atomic mass is 16.5. The smallest absolute Gasteiger partial charge is 0.248 e. The van der Waals surface area contributed by atoms with Crippen LogP contribution >= 0.6 is 0 Å². The van der Waals surface area contributed by atoms with Crippen molar-refractivity contribution in [1.82, 2.24) is 9.80 Å². The average Bonchev–Trinajstić information content (AvgIpc) is 2.63. The van der Waals surface area contributed by atoms with Crippen molar-refractivity contribution in [3.63, 3.8) is 0 Å². The normalized spacial score (nSPS) is 22.7. The fourth-order valence-electron chi connectivity index (χ4n) is 3.94. The summed E-state index contributed by atoms with van der Waals surface area (Å²) in [4.78, 5) is 19.1. The number of ether oxygens (including phenoxy) is 1. The maximum Gasteiger partial charge on any atom is 0.248 e. The Balaban J connectivity index is 1.54. The van der Waals surface area contributed by atoms with Crippen molar-refractivity contribution < 1.29 is 9.53 Å². The van der Waals surface area contributed by atoms with Gasteiger partial charge < -0.3 is 14.5 Å². The lowest BCUT2D eigenvalue weighted by atomic mass is 10.0. The summed E-state index contributed by atoms with van der Waals surface area (Å²) in [6.45, 7) is 8.39. The minimum atomic E-state index is 0.126. The maximum atomic E-state index is 12.1. The lowest BCUT2D eigenvalue weighted by molar-refractivity contribution is -0.137. The number of nitrogens with zero attached hydrogens (tertiary/aromatic N) is 3. The second-order valence-corrected chi connectivity index (χ2v) is 6.88. The highest BCUT2D eigenvalue weighted by molar-refractivity contribution is 5.77. The van der Waals surface area contributed by atoms with Crippen LogP contribution in [0.3, 0.4) is 0 Å². The summed E-state index contributed by atoms with van der Waals surface area (Å²) < 4.78 is 5.00. The highest BCUT2D eigenvalue weighted by Crippen LogP contribution is 2.23. The molecule has 0 aliphatic carbocycles. The summed E-state index contributed by atoms with van der Waals surface area (Å²) in [6.07, 6.45) is 2.29. The first kappa shape index (κ1) is 17.2. The molecule has 132 valence electrons. The molecule has 0 saturated carbocycles. The zero-order chi connectivity index (χ0) is 16.9. The molecule has 1 atom stereocenters. The Kier molecular flexibility index (Phi) is 5.74. The Morgan fingerprint density at radius 1 is 1.17 bits per heavy atom. The molecule has 0 aromatic heterocycles. The molecule has 1 aromatic rings. The van der Waals surface area contributed by atoms with E-state index in [9.17, 15) is 4.79 Å². The Morgan fingerprint density at radius 2 is 1.92 bits per heavy atom. The van der Waals surface area contributed by atoms with Crippen molar-refractivity contribution in [3.05, 3.63) is 29.8 Å². The third-order valence-corrected chi connectivity index (χ3v) is 5.30. The molecule has 0 N–H and O–H groups in total. The molecule has 2 aliphatic heterocycles. The fourth-order valence-corrected chi connectivity index (χ4v) is 3.94. The molecule has 0 bridgehead atoms. The van der Waals surface area contributed by atoms with Crippen LogP contribution in [0.1, 0.15) is 18.4 Å². The number of aryl methyl sites for hydroxylation is 1. The molecule has 5 nitrogen and oxygen atoms in total. The number of hydrogen-bond acceptors (Lipinski definition) is 4. The standard InChI is InChI=1S/C19H29N3O2/c1-16-6-3-4-8-18(16)21-12-10-20(11-13-21)17-7-5-9-22(14-17)19(23)15-24-2/h3-4,6,8,17H,5,7,9-15H2,1-2H3. The van der Waals surface area contributed by atoms with Crippen LogP contribution in [0.4, 0.5) is 5.69 Å². The number of benzene rings is 1. The van der Waals surface area contributed by atoms with E-state index in [0.29, 0.717) is 6.04 Å². The molecular weight excluding hydrogens is 302 g/mol. The quantitative estimate of drug-likeness (QED) is 0.842. The number of anilines is 1. The van der Waals surface area contributed by atoms with Gasteiger partial charge in [-0.3, -0.25) is 9.69 Å². The molecule has 5 heteroatoms. The van der Waals surface area contributed by atoms with Crippen LogP contribution in [0.2, 0.25) is 0 Å². The highest BCUT2D eigenvalue weighted by Gasteiger charge is 2.30. The van der Waals surface area contributed by atoms with Gasteiger partial charge in [0.15, 0.2) is 0 Å². The van der Waals surface area contributed by atoms with Crippen molar-refractivity contribution in [2.75, 3.05) is 57.9 Å². The van der Waals surface area contributed by atoms with Crippen LogP contribution in [0.5, 0.6) is 0 Å². The predicted molar refractivity (Wildman–Crippen MR) is 96.4 cm³/mol. The molecule has 0 radical (unpaired) electrons. The summed E-state index contributed by atoms with van der Waals surface area (Å²) in [5.74, 6) is 0.126. The van der Waals surface area contributed by atoms with Gasteiger partial charge >= 0.3 is 0 Å². The van der Waals surface area contributed by atoms with E-state index >= 15 is 0 Å². The van der Waals surface area contributed by atoms with Crippen LogP contribution < -0.4 is 4.90 Å². The van der Waals surface area contributed by atoms with Gasteiger partial charge in [0, 0.05) is 58.1 Å². The molecule has 1 aromatic carbocycles. The third-order valence-electron chi connectivity index (χ3n) is 5.30. The number of carbonyl (C=O) groups is 1. The largest absolute Gasteiger partial charge is 0.375 e. The second kappa shape index (κ2) is 7.99. The lowest BCUT2D eigenvalue weighted by Crippen LogP contribution is -2.56. The first-order valence-electron chi connectivity index (χ1n) is 9.00. The van der Waals surface area contributed by atoms with Gasteiger partial charge in [0.25, 0.3) is 0 Å². The van der Waals surface area contributed by atoms with E-state index in [-0.39, 0.29) is 12.5 Å². The summed E-state index contributed by atoms with van der Waals surface area (Å²) >= 11 is 0. The molecule has 2 aliphatic rings. The van der Waals surface area contributed by atoms with E-state index in [1.165, 1.54) is 17.7 Å². The second-order valence-electron chi connectivity index (χ2n) is 6.88. The van der Waals surface area contributed by atoms with E-state index in [1.54, 1.807) is 7.11 Å². The minimum Gasteiger partial charge on any atom is -0.375 e. The predicted octanol–water partition coefficient (Wildman–Crippen LogP) is 1.75. The van der Waals surface area contributed by atoms with Crippen LogP contribution in [0.15, 0.2) is 24.3 Å². The number of piperazine rings is 1. The molecule has 2 fully saturated rings. The lowest BCUT2D eigenvalue weighted by Gasteiger charge is -2.44. The Hall–Kier alpha value is -1.59. The summed E-state index contributed by atoms with van der Waals surface area (Å²) in [6, 6.07) is 9.12. The third kappa shape index (κ3) is 3.90. The monoisotopic (exact) mass is 331 g/mol. The van der Waals surface area contributed by atoms with Gasteiger partial charge in [0.1, 0.15) is 6.61 Å². The molecule has 0 spiro atoms. The number of rotatable bonds is 4. The van der Waals surface area contributed by atoms with Crippen molar-refractivity contribution in [2.45, 2.75) is 25.8 Å². The van der Waals surface area contributed by atoms with Gasteiger partial charge in [-0.1, -0.05) is 18.2 Å². The van der Waals surface area contributed by atoms with Gasteiger partial charge in [-0.25, -0.2) is 0 Å². The van der Waals surface area contributed by atoms with Crippen LogP contribution in [-0.2, 0) is 9.53 Å². The molecule has 2 saturated heterocycles. The minimum absolute atomic E-state index is 0.126. The van der Waals surface area contributed by atoms with E-state index in [2.05, 4.69) is 41.0 Å². The number of hydrogen-bond donors (Lipinski definition) is 0. The summed E-state index contributed by atoms with van der Waals surface area (Å²) in [5.41, 5.74) is 2.71. The molecule has 24 heavy (non-hydrogen) atoms. The van der Waals surface area contributed by atoms with E-state index in [4.69, 9.17) is 4.74 Å². The van der Waals surface area contributed by atoms with Crippen molar-refractivity contribution in [1.29, 1.82) is 0 Å². The summed E-state index contributed by atoms with van der Waals surface area (Å²) in [7, 11) is 1.59. The van der Waals surface area contributed by atoms with Gasteiger partial charge in [-0.15, -0.1) is 0 Å². The van der Waals surface area contributed by atoms with E-state index in [1.807, 2.05) is 4.90 Å². The van der Waals surface area contributed by atoms with Gasteiger partial charge in [0.2, 0.25) is 5.91 Å². The summed E-state index contributed by atoms with van der Waals surface area (Å²) in [5, 5.41) is 0. The molecule has 1 amide bonds. The van der Waals surface area contributed by atoms with Crippen LogP contribution in [0.25, 0.3) is 0 Å². The molecular formula is C19H29N3O2. The molecule has 3 rings (SSSR count). The Bertz CT molecular complexity index is 555. The number of carbonyl (C=O) groups excluding carboxylic acids is 1. The molecule has 1 unspecified atom stereocenters. The van der Waals surface area contributed by atoms with E-state index in [0.717, 1.165) is 45.7 Å². The van der Waals surface area contributed by atoms with Gasteiger partial charge in [-0.2, -0.15) is 0 Å². The zero-order valence-corrected chi connectivity index (χ0v) is 14.9. The topological polar surface area (TPSA) is 36.0 Å². The number of piperidine rings is 1. The number of likely N-dealkylation sites (tertiary alicyclic amines) is 1. The van der Waals surface area contributed by atoms with Crippen molar-refractivity contribution in [3.8, 4) is 0 Å². The zero-order valence-electron chi connectivity index (χ0n) is 14.9. The van der Waals surface area contributed by atoms with Crippen molar-refractivity contribution >= 4 is 11.6 Å². The van der Waals surface area contributed by atoms with E-state index < -0.39 is 0 Å². The Labute approximate surface area is 145 Å². The maximum absolute atomic E-state index is 12.1. The van der Waals surface area contributed by atoms with Crippen LogP contribution in [0, 0.1) is 6.92 Å². The van der Waals surface area contributed by atoms with Crippen molar-refractivity contribution in [2.24, 2.45) is 0 Å². The number of para-hydroxylation sites is 1. The number of amides is 1. The fraction of sp³-hybridized carbons (Fsp3) is 0.632. The Morgan fingerprint density at radius 3 is 2.62 bits per heavy atom. The van der Waals surface area contributed by atoms with Crippen LogP contribution in [-0.4, -0.2) is 74.7 Å². The molecule has 2 heterocycles. The van der Waals surface area contributed by atoms with Gasteiger partial charge in [0.05, 0.1) is 0 Å².